The van der Waals surface area contributed by atoms with Crippen molar-refractivity contribution in [2.45, 2.75) is 32.2 Å². The molecule has 3 nitrogen and oxygen atoms in total. The maximum atomic E-state index is 4.71. The van der Waals surface area contributed by atoms with Crippen molar-refractivity contribution < 1.29 is 0 Å². The van der Waals surface area contributed by atoms with Crippen LogP contribution in [-0.4, -0.2) is 14.5 Å². The molecule has 0 saturated carbocycles. The molecule has 0 amide bonds. The molecule has 1 aliphatic rings. The molecule has 3 heteroatoms. The molecule has 0 bridgehead atoms. The molecule has 0 saturated heterocycles. The summed E-state index contributed by atoms with van der Waals surface area (Å²) < 4.78 is 2.32. The van der Waals surface area contributed by atoms with E-state index in [-0.39, 0.29) is 0 Å². The number of aromatic nitrogens is 3. The van der Waals surface area contributed by atoms with E-state index in [0.717, 1.165) is 17.7 Å². The molecule has 82 valence electrons. The molecule has 2 aromatic rings. The summed E-state index contributed by atoms with van der Waals surface area (Å²) in [6.45, 7) is 2.26. The fourth-order valence-corrected chi connectivity index (χ4v) is 2.35. The van der Waals surface area contributed by atoms with Gasteiger partial charge in [0.1, 0.15) is 5.82 Å². The second kappa shape index (κ2) is 3.74. The standard InChI is InChI=1S/C13H15N3/c1-10-3-2-4-13-15-12(9-16(10)13)11-5-7-14-8-6-11/h5-10H,2-4H2,1H3. The van der Waals surface area contributed by atoms with E-state index in [1.54, 1.807) is 0 Å². The van der Waals surface area contributed by atoms with Crippen LogP contribution in [0.3, 0.4) is 0 Å². The Morgan fingerprint density at radius 1 is 1.31 bits per heavy atom. The zero-order valence-electron chi connectivity index (χ0n) is 9.43. The van der Waals surface area contributed by atoms with Crippen LogP contribution in [0, 0.1) is 0 Å². The van der Waals surface area contributed by atoms with Gasteiger partial charge < -0.3 is 4.57 Å². The Hall–Kier alpha value is -1.64. The van der Waals surface area contributed by atoms with Crippen molar-refractivity contribution in [1.29, 1.82) is 0 Å². The molecule has 1 atom stereocenters. The van der Waals surface area contributed by atoms with Crippen LogP contribution < -0.4 is 0 Å². The minimum atomic E-state index is 0.590. The number of rotatable bonds is 1. The highest BCUT2D eigenvalue weighted by molar-refractivity contribution is 5.57. The molecule has 0 aliphatic carbocycles. The van der Waals surface area contributed by atoms with Crippen molar-refractivity contribution in [2.75, 3.05) is 0 Å². The summed E-state index contributed by atoms with van der Waals surface area (Å²) >= 11 is 0. The van der Waals surface area contributed by atoms with Crippen LogP contribution in [0.25, 0.3) is 11.3 Å². The minimum Gasteiger partial charge on any atom is -0.331 e. The van der Waals surface area contributed by atoms with E-state index in [1.807, 2.05) is 24.5 Å². The molecule has 2 aromatic heterocycles. The molecule has 0 aromatic carbocycles. The van der Waals surface area contributed by atoms with Crippen LogP contribution in [0.1, 0.15) is 31.6 Å². The highest BCUT2D eigenvalue weighted by Gasteiger charge is 2.18. The third kappa shape index (κ3) is 1.52. The number of hydrogen-bond donors (Lipinski definition) is 0. The largest absolute Gasteiger partial charge is 0.331 e. The fraction of sp³-hybridized carbons (Fsp3) is 0.385. The van der Waals surface area contributed by atoms with Crippen molar-refractivity contribution in [3.05, 3.63) is 36.5 Å². The normalized spacial score (nSPS) is 19.4. The van der Waals surface area contributed by atoms with Gasteiger partial charge in [0, 0.05) is 36.6 Å². The molecule has 3 rings (SSSR count). The van der Waals surface area contributed by atoms with Crippen molar-refractivity contribution in [3.63, 3.8) is 0 Å². The van der Waals surface area contributed by atoms with E-state index in [2.05, 4.69) is 22.7 Å². The average molecular weight is 213 g/mol. The zero-order valence-corrected chi connectivity index (χ0v) is 9.43. The Morgan fingerprint density at radius 3 is 2.88 bits per heavy atom. The van der Waals surface area contributed by atoms with Gasteiger partial charge >= 0.3 is 0 Å². The number of hydrogen-bond acceptors (Lipinski definition) is 2. The van der Waals surface area contributed by atoms with Gasteiger partial charge in [-0.15, -0.1) is 0 Å². The SMILES string of the molecule is CC1CCCc2nc(-c3ccncc3)cn21. The fourth-order valence-electron chi connectivity index (χ4n) is 2.35. The molecule has 0 radical (unpaired) electrons. The maximum Gasteiger partial charge on any atom is 0.109 e. The summed E-state index contributed by atoms with van der Waals surface area (Å²) in [6, 6.07) is 4.62. The van der Waals surface area contributed by atoms with Gasteiger partial charge in [-0.3, -0.25) is 4.98 Å². The van der Waals surface area contributed by atoms with E-state index >= 15 is 0 Å². The second-order valence-corrected chi connectivity index (χ2v) is 4.43. The molecule has 3 heterocycles. The predicted molar refractivity (Wildman–Crippen MR) is 63.1 cm³/mol. The van der Waals surface area contributed by atoms with Gasteiger partial charge in [-0.1, -0.05) is 0 Å². The molecular formula is C13H15N3. The second-order valence-electron chi connectivity index (χ2n) is 4.43. The van der Waals surface area contributed by atoms with Gasteiger partial charge in [-0.05, 0) is 31.9 Å². The maximum absolute atomic E-state index is 4.71. The third-order valence-electron chi connectivity index (χ3n) is 3.28. The Bertz CT molecular complexity index is 487. The summed E-state index contributed by atoms with van der Waals surface area (Å²) in [6.07, 6.45) is 9.44. The number of aryl methyl sites for hydroxylation is 1. The highest BCUT2D eigenvalue weighted by Crippen LogP contribution is 2.27. The molecule has 1 aliphatic heterocycles. The van der Waals surface area contributed by atoms with Gasteiger partial charge in [0.25, 0.3) is 0 Å². The van der Waals surface area contributed by atoms with E-state index in [4.69, 9.17) is 4.98 Å². The molecule has 0 spiro atoms. The third-order valence-corrected chi connectivity index (χ3v) is 3.28. The molecule has 0 N–H and O–H groups in total. The molecule has 16 heavy (non-hydrogen) atoms. The van der Waals surface area contributed by atoms with E-state index < -0.39 is 0 Å². The monoisotopic (exact) mass is 213 g/mol. The Balaban J connectivity index is 2.05. The number of fused-ring (bicyclic) bond motifs is 1. The highest BCUT2D eigenvalue weighted by atomic mass is 15.1. The summed E-state index contributed by atoms with van der Waals surface area (Å²) in [7, 11) is 0. The van der Waals surface area contributed by atoms with E-state index in [1.165, 1.54) is 18.7 Å². The molecular weight excluding hydrogens is 198 g/mol. The zero-order chi connectivity index (χ0) is 11.0. The Morgan fingerprint density at radius 2 is 2.12 bits per heavy atom. The Labute approximate surface area is 95.2 Å². The van der Waals surface area contributed by atoms with Crippen LogP contribution >= 0.6 is 0 Å². The van der Waals surface area contributed by atoms with Crippen LogP contribution in [0.15, 0.2) is 30.7 Å². The number of pyridine rings is 1. The van der Waals surface area contributed by atoms with Crippen molar-refractivity contribution in [3.8, 4) is 11.3 Å². The lowest BCUT2D eigenvalue weighted by atomic mass is 10.1. The lowest BCUT2D eigenvalue weighted by Crippen LogP contribution is -2.14. The van der Waals surface area contributed by atoms with E-state index in [0.29, 0.717) is 6.04 Å². The number of imidazole rings is 1. The topological polar surface area (TPSA) is 30.7 Å². The summed E-state index contributed by atoms with van der Waals surface area (Å²) in [5.41, 5.74) is 2.23. The summed E-state index contributed by atoms with van der Waals surface area (Å²) in [5.74, 6) is 1.23. The van der Waals surface area contributed by atoms with Gasteiger partial charge in [0.05, 0.1) is 5.69 Å². The predicted octanol–water partition coefficient (Wildman–Crippen LogP) is 2.84. The van der Waals surface area contributed by atoms with Gasteiger partial charge in [-0.2, -0.15) is 0 Å². The van der Waals surface area contributed by atoms with Gasteiger partial charge in [0.2, 0.25) is 0 Å². The lowest BCUT2D eigenvalue weighted by molar-refractivity contribution is 0.426. The van der Waals surface area contributed by atoms with Gasteiger partial charge in [-0.25, -0.2) is 4.98 Å². The van der Waals surface area contributed by atoms with Crippen molar-refractivity contribution >= 4 is 0 Å². The van der Waals surface area contributed by atoms with Gasteiger partial charge in [0.15, 0.2) is 0 Å². The molecule has 0 fully saturated rings. The number of nitrogens with zero attached hydrogens (tertiary/aromatic N) is 3. The van der Waals surface area contributed by atoms with Crippen LogP contribution in [0.5, 0.6) is 0 Å². The molecule has 1 unspecified atom stereocenters. The first kappa shape index (κ1) is 9.58. The Kier molecular flexibility index (Phi) is 2.24. The van der Waals surface area contributed by atoms with Crippen molar-refractivity contribution in [2.24, 2.45) is 0 Å². The van der Waals surface area contributed by atoms with Crippen molar-refractivity contribution in [1.82, 2.24) is 14.5 Å². The van der Waals surface area contributed by atoms with E-state index in [9.17, 15) is 0 Å². The van der Waals surface area contributed by atoms with Crippen LogP contribution in [-0.2, 0) is 6.42 Å². The smallest absolute Gasteiger partial charge is 0.109 e. The minimum absolute atomic E-state index is 0.590. The van der Waals surface area contributed by atoms with Crippen LogP contribution in [0.2, 0.25) is 0 Å². The first-order chi connectivity index (χ1) is 7.84. The summed E-state index contributed by atoms with van der Waals surface area (Å²) in [5, 5.41) is 0. The summed E-state index contributed by atoms with van der Waals surface area (Å²) in [4.78, 5) is 8.74. The quantitative estimate of drug-likeness (QED) is 0.729. The average Bonchev–Trinajstić information content (AvgIpc) is 2.76. The first-order valence-electron chi connectivity index (χ1n) is 5.83. The first-order valence-corrected chi connectivity index (χ1v) is 5.83. The lowest BCUT2D eigenvalue weighted by Gasteiger charge is -2.20. The van der Waals surface area contributed by atoms with Crippen LogP contribution in [0.4, 0.5) is 0 Å².